The van der Waals surface area contributed by atoms with Crippen molar-refractivity contribution in [1.82, 2.24) is 9.62 Å². The van der Waals surface area contributed by atoms with Gasteiger partial charge in [-0.05, 0) is 43.5 Å². The van der Waals surface area contributed by atoms with Gasteiger partial charge in [-0.3, -0.25) is 4.79 Å². The van der Waals surface area contributed by atoms with Crippen LogP contribution in [0.3, 0.4) is 0 Å². The maximum Gasteiger partial charge on any atom is 0.240 e. The van der Waals surface area contributed by atoms with Crippen LogP contribution in [0.2, 0.25) is 0 Å². The number of hydrogen-bond donors (Lipinski definition) is 1. The minimum absolute atomic E-state index is 0.0144. The molecule has 0 radical (unpaired) electrons. The van der Waals surface area contributed by atoms with Crippen molar-refractivity contribution in [2.75, 3.05) is 24.6 Å². The van der Waals surface area contributed by atoms with E-state index in [1.54, 1.807) is 0 Å². The number of rotatable bonds is 9. The first kappa shape index (κ1) is 22.8. The Morgan fingerprint density at radius 3 is 2.29 bits per heavy atom. The molecule has 1 aromatic rings. The van der Waals surface area contributed by atoms with Crippen LogP contribution in [0.15, 0.2) is 29.2 Å². The van der Waals surface area contributed by atoms with Crippen LogP contribution in [0, 0.1) is 5.82 Å². The zero-order chi connectivity index (χ0) is 20.8. The molecule has 7 nitrogen and oxygen atoms in total. The number of carbonyl (C=O) groups excluding carboxylic acids is 1. The highest BCUT2D eigenvalue weighted by Gasteiger charge is 2.28. The molecule has 2 rings (SSSR count). The van der Waals surface area contributed by atoms with Crippen molar-refractivity contribution in [3.63, 3.8) is 0 Å². The Morgan fingerprint density at radius 1 is 1.11 bits per heavy atom. The number of nitrogens with one attached hydrogen (secondary N) is 1. The van der Waals surface area contributed by atoms with Gasteiger partial charge in [0, 0.05) is 19.1 Å². The number of sulfone groups is 1. The summed E-state index contributed by atoms with van der Waals surface area (Å²) in [5, 5.41) is 0. The molecule has 1 aromatic carbocycles. The van der Waals surface area contributed by atoms with Crippen LogP contribution in [-0.2, 0) is 24.7 Å². The van der Waals surface area contributed by atoms with Crippen LogP contribution >= 0.6 is 0 Å². The summed E-state index contributed by atoms with van der Waals surface area (Å²) in [6.45, 7) is 2.56. The zero-order valence-corrected chi connectivity index (χ0v) is 17.6. The topological polar surface area (TPSA) is 101 Å². The molecule has 1 aliphatic rings. The van der Waals surface area contributed by atoms with E-state index in [1.807, 2.05) is 6.92 Å². The van der Waals surface area contributed by atoms with E-state index < -0.39 is 37.3 Å². The zero-order valence-electron chi connectivity index (χ0n) is 15.9. The number of amides is 1. The Bertz CT molecular complexity index is 862. The van der Waals surface area contributed by atoms with Gasteiger partial charge in [0.1, 0.15) is 11.6 Å². The smallest absolute Gasteiger partial charge is 0.240 e. The van der Waals surface area contributed by atoms with E-state index in [0.717, 1.165) is 25.0 Å². The van der Waals surface area contributed by atoms with Crippen molar-refractivity contribution >= 4 is 25.8 Å². The molecule has 1 saturated heterocycles. The summed E-state index contributed by atoms with van der Waals surface area (Å²) in [7, 11) is -7.19. The molecule has 10 heteroatoms. The van der Waals surface area contributed by atoms with Crippen molar-refractivity contribution in [1.29, 1.82) is 0 Å². The second-order valence-corrected chi connectivity index (χ2v) is 10.9. The van der Waals surface area contributed by atoms with E-state index in [0.29, 0.717) is 32.4 Å². The van der Waals surface area contributed by atoms with Crippen LogP contribution in [0.5, 0.6) is 0 Å². The Hall–Kier alpha value is -1.52. The van der Waals surface area contributed by atoms with E-state index in [1.165, 1.54) is 17.0 Å². The molecule has 0 aliphatic carbocycles. The second kappa shape index (κ2) is 9.80. The first-order valence-corrected chi connectivity index (χ1v) is 12.7. The van der Waals surface area contributed by atoms with Crippen LogP contribution in [0.4, 0.5) is 4.39 Å². The summed E-state index contributed by atoms with van der Waals surface area (Å²) in [6, 6.07) is 4.19. The minimum atomic E-state index is -3.77. The fraction of sp³-hybridized carbons (Fsp3) is 0.611. The molecule has 1 aliphatic heterocycles. The first-order chi connectivity index (χ1) is 13.1. The van der Waals surface area contributed by atoms with Crippen molar-refractivity contribution in [3.05, 3.63) is 30.1 Å². The molecule has 158 valence electrons. The number of unbranched alkanes of at least 4 members (excludes halogenated alkanes) is 2. The minimum Gasteiger partial charge on any atom is -0.342 e. The van der Waals surface area contributed by atoms with Crippen molar-refractivity contribution < 1.29 is 26.0 Å². The van der Waals surface area contributed by atoms with Crippen molar-refractivity contribution in [2.24, 2.45) is 0 Å². The highest BCUT2D eigenvalue weighted by molar-refractivity contribution is 7.92. The molecule has 0 unspecified atom stereocenters. The monoisotopic (exact) mass is 434 g/mol. The average Bonchev–Trinajstić information content (AvgIpc) is 2.62. The molecule has 1 heterocycles. The van der Waals surface area contributed by atoms with Gasteiger partial charge in [0.15, 0.2) is 9.84 Å². The average molecular weight is 435 g/mol. The normalized spacial score (nSPS) is 16.3. The van der Waals surface area contributed by atoms with E-state index in [9.17, 15) is 26.0 Å². The number of halogens is 1. The lowest BCUT2D eigenvalue weighted by molar-refractivity contribution is -0.129. The highest BCUT2D eigenvalue weighted by atomic mass is 32.2. The fourth-order valence-electron chi connectivity index (χ4n) is 3.07. The second-order valence-electron chi connectivity index (χ2n) is 7.03. The third-order valence-corrected chi connectivity index (χ3v) is 7.83. The van der Waals surface area contributed by atoms with Gasteiger partial charge < -0.3 is 4.90 Å². The van der Waals surface area contributed by atoms with Crippen LogP contribution < -0.4 is 4.72 Å². The lowest BCUT2D eigenvalue weighted by atomic mass is 10.1. The SMILES string of the molecule is CCCCCS(=O)(=O)CC(=O)N1CCC(NS(=O)(=O)c2ccc(F)cc2)CC1. The molecule has 0 saturated carbocycles. The van der Waals surface area contributed by atoms with Gasteiger partial charge in [0.25, 0.3) is 0 Å². The van der Waals surface area contributed by atoms with Crippen LogP contribution in [-0.4, -0.2) is 58.3 Å². The first-order valence-electron chi connectivity index (χ1n) is 9.39. The third-order valence-electron chi connectivity index (χ3n) is 4.70. The Labute approximate surface area is 166 Å². The Balaban J connectivity index is 1.85. The lowest BCUT2D eigenvalue weighted by Crippen LogP contribution is -2.47. The predicted molar refractivity (Wildman–Crippen MR) is 105 cm³/mol. The fourth-order valence-corrected chi connectivity index (χ4v) is 5.72. The third kappa shape index (κ3) is 6.82. The largest absolute Gasteiger partial charge is 0.342 e. The summed E-state index contributed by atoms with van der Waals surface area (Å²) in [5.41, 5.74) is 0. The summed E-state index contributed by atoms with van der Waals surface area (Å²) >= 11 is 0. The van der Waals surface area contributed by atoms with E-state index in [4.69, 9.17) is 0 Å². The molecular formula is C18H27FN2O5S2. The van der Waals surface area contributed by atoms with E-state index >= 15 is 0 Å². The van der Waals surface area contributed by atoms with Crippen molar-refractivity contribution in [2.45, 2.75) is 50.0 Å². The standard InChI is InChI=1S/C18H27FN2O5S2/c1-2-3-4-13-27(23,24)14-18(22)21-11-9-16(10-12-21)20-28(25,26)17-7-5-15(19)6-8-17/h5-8,16,20H,2-4,9-14H2,1H3. The molecule has 28 heavy (non-hydrogen) atoms. The number of piperidine rings is 1. The molecule has 1 fully saturated rings. The molecule has 1 amide bonds. The molecule has 0 atom stereocenters. The van der Waals surface area contributed by atoms with Gasteiger partial charge in [0.05, 0.1) is 10.6 Å². The van der Waals surface area contributed by atoms with Gasteiger partial charge in [-0.25, -0.2) is 25.9 Å². The predicted octanol–water partition coefficient (Wildman–Crippen LogP) is 1.70. The number of benzene rings is 1. The van der Waals surface area contributed by atoms with Gasteiger partial charge in [-0.2, -0.15) is 0 Å². The number of nitrogens with zero attached hydrogens (tertiary/aromatic N) is 1. The van der Waals surface area contributed by atoms with Gasteiger partial charge in [-0.1, -0.05) is 19.8 Å². The molecule has 0 spiro atoms. The van der Waals surface area contributed by atoms with Crippen LogP contribution in [0.25, 0.3) is 0 Å². The molecular weight excluding hydrogens is 407 g/mol. The summed E-state index contributed by atoms with van der Waals surface area (Å²) < 4.78 is 64.3. The van der Waals surface area contributed by atoms with Crippen molar-refractivity contribution in [3.8, 4) is 0 Å². The van der Waals surface area contributed by atoms with Gasteiger partial charge in [0.2, 0.25) is 15.9 Å². The summed E-state index contributed by atoms with van der Waals surface area (Å²) in [6.07, 6.45) is 3.06. The Morgan fingerprint density at radius 2 is 1.71 bits per heavy atom. The number of sulfonamides is 1. The lowest BCUT2D eigenvalue weighted by Gasteiger charge is -2.32. The number of hydrogen-bond acceptors (Lipinski definition) is 5. The summed E-state index contributed by atoms with van der Waals surface area (Å²) in [5.74, 6) is -1.44. The van der Waals surface area contributed by atoms with E-state index in [-0.39, 0.29) is 16.7 Å². The molecule has 1 N–H and O–H groups in total. The van der Waals surface area contributed by atoms with Crippen LogP contribution in [0.1, 0.15) is 39.0 Å². The quantitative estimate of drug-likeness (QED) is 0.596. The molecule has 0 bridgehead atoms. The number of likely N-dealkylation sites (tertiary alicyclic amines) is 1. The van der Waals surface area contributed by atoms with E-state index in [2.05, 4.69) is 4.72 Å². The maximum atomic E-state index is 13.0. The maximum absolute atomic E-state index is 13.0. The highest BCUT2D eigenvalue weighted by Crippen LogP contribution is 2.16. The summed E-state index contributed by atoms with van der Waals surface area (Å²) in [4.78, 5) is 13.7. The molecule has 0 aromatic heterocycles. The number of carbonyl (C=O) groups is 1. The van der Waals surface area contributed by atoms with Gasteiger partial charge in [-0.15, -0.1) is 0 Å². The van der Waals surface area contributed by atoms with Gasteiger partial charge >= 0.3 is 0 Å². The Kier molecular flexibility index (Phi) is 7.97.